The van der Waals surface area contributed by atoms with Gasteiger partial charge in [-0.3, -0.25) is 10.1 Å². The first-order valence-corrected chi connectivity index (χ1v) is 11.7. The van der Waals surface area contributed by atoms with Crippen LogP contribution in [0.2, 0.25) is 0 Å². The first-order valence-electron chi connectivity index (χ1n) is 7.71. The van der Waals surface area contributed by atoms with Crippen molar-refractivity contribution in [1.29, 1.82) is 0 Å². The molecule has 5 heterocycles. The summed E-state index contributed by atoms with van der Waals surface area (Å²) in [6.45, 7) is 4.04. The van der Waals surface area contributed by atoms with Gasteiger partial charge in [-0.2, -0.15) is 0 Å². The Kier molecular flexibility index (Phi) is 5.64. The molecule has 0 amide bonds. The standard InChI is InChI=1S/C8H11NO3S2.C6H8O3S2/c1-2-12-7(11)8-4-13-6(10)5(9-8)3-14-8;1-5-2-11-6(8,3-10-5)4(7)9-5/h5,9H,2-4H2,1H3;8H,2-3H2,1H3. The highest BCUT2D eigenvalue weighted by atomic mass is 32.2. The van der Waals surface area contributed by atoms with E-state index in [1.807, 2.05) is 6.92 Å². The van der Waals surface area contributed by atoms with Crippen LogP contribution in [0.1, 0.15) is 13.8 Å². The molecular weight excluding hydrogens is 406 g/mol. The number of esters is 2. The average molecular weight is 426 g/mol. The Balaban J connectivity index is 0.000000150. The number of carbonyl (C=O) groups is 3. The molecule has 0 aliphatic carbocycles. The number of hydrogen-bond acceptors (Lipinski definition) is 11. The van der Waals surface area contributed by atoms with Gasteiger partial charge in [0.1, 0.15) is 0 Å². The lowest BCUT2D eigenvalue weighted by Gasteiger charge is -2.45. The van der Waals surface area contributed by atoms with Gasteiger partial charge in [-0.05, 0) is 13.8 Å². The van der Waals surface area contributed by atoms with Gasteiger partial charge in [-0.1, -0.05) is 11.8 Å². The van der Waals surface area contributed by atoms with E-state index in [0.717, 1.165) is 0 Å². The second-order valence-corrected chi connectivity index (χ2v) is 11.0. The molecule has 140 valence electrons. The van der Waals surface area contributed by atoms with Crippen LogP contribution in [0.15, 0.2) is 0 Å². The lowest BCUT2D eigenvalue weighted by Crippen LogP contribution is -2.56. The summed E-state index contributed by atoms with van der Waals surface area (Å²) in [5, 5.41) is 12.8. The van der Waals surface area contributed by atoms with Crippen molar-refractivity contribution < 1.29 is 29.0 Å². The smallest absolute Gasteiger partial charge is 0.351 e. The van der Waals surface area contributed by atoms with Crippen LogP contribution in [-0.2, 0) is 23.9 Å². The van der Waals surface area contributed by atoms with Crippen molar-refractivity contribution >= 4 is 64.1 Å². The molecular formula is C14H19NO6S4. The minimum Gasteiger partial charge on any atom is -0.464 e. The van der Waals surface area contributed by atoms with Crippen molar-refractivity contribution in [2.24, 2.45) is 0 Å². The molecule has 5 fully saturated rings. The summed E-state index contributed by atoms with van der Waals surface area (Å²) in [5.41, 5.74) is 0. The number of ether oxygens (including phenoxy) is 2. The van der Waals surface area contributed by atoms with Gasteiger partial charge in [0.05, 0.1) is 12.6 Å². The molecule has 5 saturated heterocycles. The number of rotatable bonds is 2. The zero-order valence-corrected chi connectivity index (χ0v) is 17.0. The van der Waals surface area contributed by atoms with E-state index in [1.54, 1.807) is 6.92 Å². The van der Waals surface area contributed by atoms with Crippen molar-refractivity contribution in [3.63, 3.8) is 0 Å². The largest absolute Gasteiger partial charge is 0.464 e. The average Bonchev–Trinajstić information content (AvgIpc) is 2.95. The predicted molar refractivity (Wildman–Crippen MR) is 101 cm³/mol. The van der Waals surface area contributed by atoms with E-state index >= 15 is 0 Å². The van der Waals surface area contributed by atoms with Crippen LogP contribution < -0.4 is 5.32 Å². The highest BCUT2D eigenvalue weighted by Gasteiger charge is 2.55. The summed E-state index contributed by atoms with van der Waals surface area (Å²) < 4.78 is 10.0. The first-order chi connectivity index (χ1) is 11.7. The minimum atomic E-state index is -1.26. The summed E-state index contributed by atoms with van der Waals surface area (Å²) in [6.07, 6.45) is 0. The van der Waals surface area contributed by atoms with Crippen LogP contribution >= 0.6 is 47.0 Å². The lowest BCUT2D eigenvalue weighted by atomic mass is 10.2. The fourth-order valence-electron chi connectivity index (χ4n) is 2.54. The molecule has 4 bridgehead atoms. The van der Waals surface area contributed by atoms with Crippen LogP contribution in [0.5, 0.6) is 0 Å². The van der Waals surface area contributed by atoms with Crippen LogP contribution in [0, 0.1) is 0 Å². The number of hydrogen-bond donors (Lipinski definition) is 2. The molecule has 0 radical (unpaired) electrons. The third-order valence-electron chi connectivity index (χ3n) is 3.98. The minimum absolute atomic E-state index is 0.134. The molecule has 0 spiro atoms. The van der Waals surface area contributed by atoms with E-state index in [4.69, 9.17) is 9.47 Å². The Morgan fingerprint density at radius 1 is 1.32 bits per heavy atom. The third-order valence-corrected chi connectivity index (χ3v) is 9.99. The zero-order valence-electron chi connectivity index (χ0n) is 13.7. The maximum atomic E-state index is 11.7. The molecule has 0 saturated carbocycles. The first kappa shape index (κ1) is 19.7. The zero-order chi connectivity index (χ0) is 18.3. The fraction of sp³-hybridized carbons (Fsp3) is 0.786. The third kappa shape index (κ3) is 3.81. The van der Waals surface area contributed by atoms with Gasteiger partial charge in [0.15, 0.2) is 9.80 Å². The van der Waals surface area contributed by atoms with Crippen LogP contribution in [-0.4, -0.2) is 72.6 Å². The van der Waals surface area contributed by atoms with E-state index in [-0.39, 0.29) is 17.1 Å². The molecule has 7 nitrogen and oxygen atoms in total. The molecule has 5 rings (SSSR count). The lowest BCUT2D eigenvalue weighted by molar-refractivity contribution is -0.164. The summed E-state index contributed by atoms with van der Waals surface area (Å²) in [6, 6.07) is -0.178. The number of nitrogens with one attached hydrogen (secondary N) is 1. The van der Waals surface area contributed by atoms with Crippen LogP contribution in [0.3, 0.4) is 0 Å². The SMILES string of the molecule is CC12CSC(O)(CS1)C(=O)O2.CCOC(=O)C12CSC(=O)C(CS1)N2. The summed E-state index contributed by atoms with van der Waals surface area (Å²) in [5.74, 6) is 1.56. The monoisotopic (exact) mass is 425 g/mol. The molecule has 2 N–H and O–H groups in total. The highest BCUT2D eigenvalue weighted by Crippen LogP contribution is 2.49. The van der Waals surface area contributed by atoms with Gasteiger partial charge in [0.25, 0.3) is 0 Å². The number of thioether (sulfide) groups is 4. The van der Waals surface area contributed by atoms with Crippen molar-refractivity contribution in [2.75, 3.05) is 29.6 Å². The van der Waals surface area contributed by atoms with Gasteiger partial charge in [-0.15, -0.1) is 35.3 Å². The molecule has 0 aromatic heterocycles. The van der Waals surface area contributed by atoms with Gasteiger partial charge >= 0.3 is 11.9 Å². The predicted octanol–water partition coefficient (Wildman–Crippen LogP) is 0.652. The Hall–Kier alpha value is -0.0700. The van der Waals surface area contributed by atoms with Crippen molar-refractivity contribution in [1.82, 2.24) is 5.32 Å². The van der Waals surface area contributed by atoms with Gasteiger partial charge < -0.3 is 14.6 Å². The number of carbonyl (C=O) groups excluding carboxylic acids is 3. The molecule has 25 heavy (non-hydrogen) atoms. The van der Waals surface area contributed by atoms with Gasteiger partial charge in [0.2, 0.25) is 10.0 Å². The van der Waals surface area contributed by atoms with Crippen molar-refractivity contribution in [2.45, 2.75) is 34.6 Å². The van der Waals surface area contributed by atoms with Crippen molar-refractivity contribution in [3.05, 3.63) is 0 Å². The Morgan fingerprint density at radius 2 is 2.08 bits per heavy atom. The molecule has 5 aliphatic rings. The molecule has 0 aromatic carbocycles. The maximum Gasteiger partial charge on any atom is 0.351 e. The molecule has 4 unspecified atom stereocenters. The van der Waals surface area contributed by atoms with Gasteiger partial charge in [-0.25, -0.2) is 9.59 Å². The molecule has 0 aromatic rings. The number of aliphatic hydroxyl groups is 1. The summed E-state index contributed by atoms with van der Waals surface area (Å²) >= 11 is 5.50. The maximum absolute atomic E-state index is 11.7. The van der Waals surface area contributed by atoms with E-state index in [0.29, 0.717) is 29.6 Å². The fourth-order valence-corrected chi connectivity index (χ4v) is 7.62. The Morgan fingerprint density at radius 3 is 2.64 bits per heavy atom. The topological polar surface area (TPSA) is 102 Å². The normalized spacial score (nSPS) is 41.6. The molecule has 11 heteroatoms. The van der Waals surface area contributed by atoms with E-state index < -0.39 is 20.7 Å². The van der Waals surface area contributed by atoms with E-state index in [9.17, 15) is 19.5 Å². The van der Waals surface area contributed by atoms with E-state index in [2.05, 4.69) is 5.32 Å². The second kappa shape index (κ2) is 7.16. The van der Waals surface area contributed by atoms with Crippen LogP contribution in [0.25, 0.3) is 0 Å². The quantitative estimate of drug-likeness (QED) is 0.610. The van der Waals surface area contributed by atoms with E-state index in [1.165, 1.54) is 47.0 Å². The summed E-state index contributed by atoms with van der Waals surface area (Å²) in [7, 11) is 0. The van der Waals surface area contributed by atoms with Gasteiger partial charge in [0, 0.05) is 23.0 Å². The second-order valence-electron chi connectivity index (χ2n) is 6.05. The highest BCUT2D eigenvalue weighted by molar-refractivity contribution is 8.15. The summed E-state index contributed by atoms with van der Waals surface area (Å²) in [4.78, 5) is 31.7. The molecule has 5 aliphatic heterocycles. The van der Waals surface area contributed by atoms with Crippen LogP contribution in [0.4, 0.5) is 0 Å². The number of fused-ring (bicyclic) bond motifs is 5. The molecule has 4 atom stereocenters. The van der Waals surface area contributed by atoms with Crippen molar-refractivity contribution in [3.8, 4) is 0 Å². The Labute approximate surface area is 162 Å². The Bertz CT molecular complexity index is 594.